The molecule has 0 saturated heterocycles. The van der Waals surface area contributed by atoms with Crippen molar-refractivity contribution < 1.29 is 14.6 Å². The number of carbonyl (C=O) groups is 1. The minimum Gasteiger partial charge on any atom is -0.491 e. The van der Waals surface area contributed by atoms with Crippen molar-refractivity contribution in [3.63, 3.8) is 0 Å². The third-order valence-corrected chi connectivity index (χ3v) is 2.31. The Morgan fingerprint density at radius 3 is 2.94 bits per heavy atom. The molecule has 1 unspecified atom stereocenters. The van der Waals surface area contributed by atoms with Crippen LogP contribution in [0, 0.1) is 0 Å². The van der Waals surface area contributed by atoms with Gasteiger partial charge >= 0.3 is 5.97 Å². The van der Waals surface area contributed by atoms with Gasteiger partial charge in [-0.05, 0) is 37.1 Å². The minimum absolute atomic E-state index is 0.179. The summed E-state index contributed by atoms with van der Waals surface area (Å²) >= 11 is 0. The van der Waals surface area contributed by atoms with Gasteiger partial charge in [0.1, 0.15) is 5.75 Å². The molecule has 0 aromatic heterocycles. The van der Waals surface area contributed by atoms with Crippen LogP contribution in [0.4, 0.5) is 0 Å². The summed E-state index contributed by atoms with van der Waals surface area (Å²) in [4.78, 5) is 10.4. The fourth-order valence-corrected chi connectivity index (χ4v) is 1.56. The number of carboxylic acid groups (broad SMARTS) is 1. The third kappa shape index (κ3) is 5.20. The van der Waals surface area contributed by atoms with E-state index >= 15 is 0 Å². The van der Waals surface area contributed by atoms with Crippen LogP contribution in [0.25, 0.3) is 6.08 Å². The largest absolute Gasteiger partial charge is 0.491 e. The van der Waals surface area contributed by atoms with Gasteiger partial charge in [0.2, 0.25) is 0 Å². The van der Waals surface area contributed by atoms with Crippen LogP contribution in [0.2, 0.25) is 0 Å². The van der Waals surface area contributed by atoms with E-state index in [4.69, 9.17) is 9.84 Å². The first-order valence-electron chi connectivity index (χ1n) is 5.79. The van der Waals surface area contributed by atoms with Gasteiger partial charge in [-0.15, -0.1) is 0 Å². The van der Waals surface area contributed by atoms with Crippen molar-refractivity contribution >= 4 is 12.0 Å². The van der Waals surface area contributed by atoms with Crippen LogP contribution >= 0.6 is 0 Å². The molecular weight excluding hydrogens is 216 g/mol. The maximum atomic E-state index is 10.4. The van der Waals surface area contributed by atoms with Crippen molar-refractivity contribution in [1.82, 2.24) is 0 Å². The number of rotatable bonds is 6. The molecule has 1 N–H and O–H groups in total. The quantitative estimate of drug-likeness (QED) is 0.768. The molecule has 0 aliphatic heterocycles. The lowest BCUT2D eigenvalue weighted by molar-refractivity contribution is -0.131. The van der Waals surface area contributed by atoms with E-state index in [0.29, 0.717) is 0 Å². The topological polar surface area (TPSA) is 46.5 Å². The predicted octanol–water partition coefficient (Wildman–Crippen LogP) is 3.35. The lowest BCUT2D eigenvalue weighted by Crippen LogP contribution is -2.10. The van der Waals surface area contributed by atoms with Gasteiger partial charge in [0.15, 0.2) is 0 Å². The zero-order chi connectivity index (χ0) is 12.7. The van der Waals surface area contributed by atoms with Crippen LogP contribution in [0.5, 0.6) is 5.75 Å². The Morgan fingerprint density at radius 1 is 1.53 bits per heavy atom. The molecule has 0 fully saturated rings. The summed E-state index contributed by atoms with van der Waals surface area (Å²) in [5.74, 6) is -0.172. The molecule has 0 aliphatic carbocycles. The maximum absolute atomic E-state index is 10.4. The zero-order valence-corrected chi connectivity index (χ0v) is 10.2. The molecule has 0 saturated carbocycles. The van der Waals surface area contributed by atoms with E-state index in [1.165, 1.54) is 0 Å². The SMILES string of the molecule is CCCC(C)Oc1cccc(/C=C/C(=O)O)c1. The van der Waals surface area contributed by atoms with Crippen LogP contribution in [0.15, 0.2) is 30.3 Å². The van der Waals surface area contributed by atoms with Gasteiger partial charge in [-0.3, -0.25) is 0 Å². The monoisotopic (exact) mass is 234 g/mol. The predicted molar refractivity (Wildman–Crippen MR) is 68.1 cm³/mol. The highest BCUT2D eigenvalue weighted by molar-refractivity contribution is 5.85. The van der Waals surface area contributed by atoms with Crippen LogP contribution in [-0.4, -0.2) is 17.2 Å². The van der Waals surface area contributed by atoms with E-state index in [2.05, 4.69) is 6.92 Å². The normalized spacial score (nSPS) is 12.6. The second-order valence-corrected chi connectivity index (χ2v) is 3.96. The van der Waals surface area contributed by atoms with Gasteiger partial charge < -0.3 is 9.84 Å². The summed E-state index contributed by atoms with van der Waals surface area (Å²) in [6.45, 7) is 4.15. The van der Waals surface area contributed by atoms with E-state index < -0.39 is 5.97 Å². The number of aliphatic carboxylic acids is 1. The smallest absolute Gasteiger partial charge is 0.328 e. The molecule has 0 radical (unpaired) electrons. The van der Waals surface area contributed by atoms with Crippen molar-refractivity contribution in [3.05, 3.63) is 35.9 Å². The van der Waals surface area contributed by atoms with E-state index in [-0.39, 0.29) is 6.10 Å². The van der Waals surface area contributed by atoms with Gasteiger partial charge in [0.05, 0.1) is 6.10 Å². The van der Waals surface area contributed by atoms with E-state index in [1.807, 2.05) is 31.2 Å². The first-order chi connectivity index (χ1) is 8.11. The standard InChI is InChI=1S/C14H18O3/c1-3-5-11(2)17-13-7-4-6-12(10-13)8-9-14(15)16/h4,6-11H,3,5H2,1-2H3,(H,15,16)/b9-8+. The molecule has 1 aromatic carbocycles. The molecule has 17 heavy (non-hydrogen) atoms. The lowest BCUT2D eigenvalue weighted by atomic mass is 10.2. The second-order valence-electron chi connectivity index (χ2n) is 3.96. The van der Waals surface area contributed by atoms with Gasteiger partial charge in [-0.2, -0.15) is 0 Å². The van der Waals surface area contributed by atoms with Crippen molar-refractivity contribution in [2.75, 3.05) is 0 Å². The Labute approximate surface area is 102 Å². The highest BCUT2D eigenvalue weighted by atomic mass is 16.5. The first kappa shape index (κ1) is 13.3. The lowest BCUT2D eigenvalue weighted by Gasteiger charge is -2.13. The summed E-state index contributed by atoms with van der Waals surface area (Å²) in [7, 11) is 0. The molecule has 1 atom stereocenters. The molecule has 3 nitrogen and oxygen atoms in total. The van der Waals surface area contributed by atoms with Crippen molar-refractivity contribution in [1.29, 1.82) is 0 Å². The summed E-state index contributed by atoms with van der Waals surface area (Å²) in [5, 5.41) is 8.54. The number of ether oxygens (including phenoxy) is 1. The molecule has 0 heterocycles. The Kier molecular flexibility index (Phi) is 5.27. The number of carboxylic acids is 1. The molecule has 0 amide bonds. The van der Waals surface area contributed by atoms with Crippen LogP contribution in [0.1, 0.15) is 32.3 Å². The summed E-state index contributed by atoms with van der Waals surface area (Å²) in [6, 6.07) is 7.42. The highest BCUT2D eigenvalue weighted by Crippen LogP contribution is 2.17. The Morgan fingerprint density at radius 2 is 2.29 bits per heavy atom. The first-order valence-corrected chi connectivity index (χ1v) is 5.79. The molecule has 1 rings (SSSR count). The van der Waals surface area contributed by atoms with Crippen LogP contribution in [0.3, 0.4) is 0 Å². The molecule has 3 heteroatoms. The van der Waals surface area contributed by atoms with Gasteiger partial charge in [0.25, 0.3) is 0 Å². The Bertz CT molecular complexity index is 396. The van der Waals surface area contributed by atoms with Crippen molar-refractivity contribution in [2.45, 2.75) is 32.8 Å². The van der Waals surface area contributed by atoms with Gasteiger partial charge in [0, 0.05) is 6.08 Å². The fourth-order valence-electron chi connectivity index (χ4n) is 1.56. The van der Waals surface area contributed by atoms with Crippen LogP contribution < -0.4 is 4.74 Å². The van der Waals surface area contributed by atoms with E-state index in [9.17, 15) is 4.79 Å². The molecule has 0 aliphatic rings. The highest BCUT2D eigenvalue weighted by Gasteiger charge is 2.02. The van der Waals surface area contributed by atoms with Crippen molar-refractivity contribution in [2.24, 2.45) is 0 Å². The van der Waals surface area contributed by atoms with Gasteiger partial charge in [-0.25, -0.2) is 4.79 Å². The second kappa shape index (κ2) is 6.74. The van der Waals surface area contributed by atoms with E-state index in [0.717, 1.165) is 30.2 Å². The number of benzene rings is 1. The van der Waals surface area contributed by atoms with Gasteiger partial charge in [-0.1, -0.05) is 25.5 Å². The summed E-state index contributed by atoms with van der Waals surface area (Å²) < 4.78 is 5.72. The average molecular weight is 234 g/mol. The molecular formula is C14H18O3. The fraction of sp³-hybridized carbons (Fsp3) is 0.357. The Balaban J connectivity index is 2.68. The molecule has 1 aromatic rings. The zero-order valence-electron chi connectivity index (χ0n) is 10.2. The van der Waals surface area contributed by atoms with Crippen LogP contribution in [-0.2, 0) is 4.79 Å². The van der Waals surface area contributed by atoms with E-state index in [1.54, 1.807) is 6.08 Å². The summed E-state index contributed by atoms with van der Waals surface area (Å²) in [6.07, 6.45) is 4.95. The Hall–Kier alpha value is -1.77. The molecule has 92 valence electrons. The molecule has 0 spiro atoms. The maximum Gasteiger partial charge on any atom is 0.328 e. The molecule has 0 bridgehead atoms. The minimum atomic E-state index is -0.948. The third-order valence-electron chi connectivity index (χ3n) is 2.31. The average Bonchev–Trinajstić information content (AvgIpc) is 2.27. The van der Waals surface area contributed by atoms with Crippen molar-refractivity contribution in [3.8, 4) is 5.75 Å². The summed E-state index contributed by atoms with van der Waals surface area (Å²) in [5.41, 5.74) is 0.827. The number of hydrogen-bond acceptors (Lipinski definition) is 2. The number of hydrogen-bond donors (Lipinski definition) is 1.